The third-order valence-corrected chi connectivity index (χ3v) is 5.03. The summed E-state index contributed by atoms with van der Waals surface area (Å²) in [5.74, 6) is -1.95. The molecule has 1 aromatic carbocycles. The molecule has 0 radical (unpaired) electrons. The fraction of sp³-hybridized carbons (Fsp3) is 0.417. The Bertz CT molecular complexity index is 593. The van der Waals surface area contributed by atoms with Crippen molar-refractivity contribution in [3.8, 4) is 0 Å². The molecule has 0 aliphatic heterocycles. The summed E-state index contributed by atoms with van der Waals surface area (Å²) in [6, 6.07) is 7.09. The number of carboxylic acid groups (broad SMARTS) is 1. The summed E-state index contributed by atoms with van der Waals surface area (Å²) in [5, 5.41) is 8.09. The van der Waals surface area contributed by atoms with Crippen LogP contribution in [0.3, 0.4) is 0 Å². The Balaban J connectivity index is 2.45. The summed E-state index contributed by atoms with van der Waals surface area (Å²) in [5.41, 5.74) is 5.73. The summed E-state index contributed by atoms with van der Waals surface area (Å²) in [4.78, 5) is 11.2. The first-order chi connectivity index (χ1) is 8.19. The number of sulfone groups is 1. The molecular formula is C12H15NO4S. The van der Waals surface area contributed by atoms with Crippen LogP contribution in [0.5, 0.6) is 0 Å². The number of rotatable bonds is 3. The van der Waals surface area contributed by atoms with Gasteiger partial charge in [0.2, 0.25) is 0 Å². The van der Waals surface area contributed by atoms with Crippen molar-refractivity contribution < 1.29 is 18.3 Å². The van der Waals surface area contributed by atoms with Gasteiger partial charge in [-0.05, 0) is 12.5 Å². The minimum atomic E-state index is -3.50. The van der Waals surface area contributed by atoms with E-state index >= 15 is 0 Å². The number of hydrogen-bond acceptors (Lipinski definition) is 4. The van der Waals surface area contributed by atoms with Crippen LogP contribution < -0.4 is 5.73 Å². The van der Waals surface area contributed by atoms with Crippen LogP contribution >= 0.6 is 0 Å². The fourth-order valence-electron chi connectivity index (χ4n) is 2.45. The molecule has 3 N–H and O–H groups in total. The van der Waals surface area contributed by atoms with Gasteiger partial charge >= 0.3 is 5.97 Å². The van der Waals surface area contributed by atoms with Crippen LogP contribution in [-0.4, -0.2) is 36.5 Å². The molecular weight excluding hydrogens is 254 g/mol. The molecule has 0 unspecified atom stereocenters. The van der Waals surface area contributed by atoms with Crippen molar-refractivity contribution in [3.63, 3.8) is 0 Å². The van der Waals surface area contributed by atoms with Crippen LogP contribution in [0, 0.1) is 6.92 Å². The van der Waals surface area contributed by atoms with Gasteiger partial charge in [-0.3, -0.25) is 4.79 Å². The first-order valence-electron chi connectivity index (χ1n) is 5.46. The lowest BCUT2D eigenvalue weighted by Gasteiger charge is -2.05. The van der Waals surface area contributed by atoms with Crippen LogP contribution in [0.4, 0.5) is 0 Å². The van der Waals surface area contributed by atoms with Gasteiger partial charge in [0.15, 0.2) is 9.84 Å². The molecule has 0 amide bonds. The minimum absolute atomic E-state index is 0.654. The van der Waals surface area contributed by atoms with E-state index < -0.39 is 32.5 Å². The monoisotopic (exact) mass is 269 g/mol. The number of aryl methyl sites for hydroxylation is 1. The van der Waals surface area contributed by atoms with Crippen molar-refractivity contribution in [2.24, 2.45) is 5.73 Å². The molecule has 0 spiro atoms. The molecule has 1 aliphatic carbocycles. The van der Waals surface area contributed by atoms with Gasteiger partial charge < -0.3 is 10.8 Å². The summed E-state index contributed by atoms with van der Waals surface area (Å²) in [6.07, 6.45) is 1.02. The second-order valence-corrected chi connectivity index (χ2v) is 7.04. The van der Waals surface area contributed by atoms with E-state index in [9.17, 15) is 13.2 Å². The molecule has 3 atom stereocenters. The molecule has 0 saturated heterocycles. The quantitative estimate of drug-likeness (QED) is 0.821. The van der Waals surface area contributed by atoms with Crippen molar-refractivity contribution in [2.75, 3.05) is 6.26 Å². The normalized spacial score (nSPS) is 31.1. The zero-order chi connectivity index (χ0) is 13.7. The van der Waals surface area contributed by atoms with Gasteiger partial charge in [0.25, 0.3) is 0 Å². The summed E-state index contributed by atoms with van der Waals surface area (Å²) in [6.45, 7) is 1.90. The third kappa shape index (κ3) is 1.81. The highest BCUT2D eigenvalue weighted by atomic mass is 32.2. The van der Waals surface area contributed by atoms with Gasteiger partial charge in [0.1, 0.15) is 5.54 Å². The molecule has 6 heteroatoms. The van der Waals surface area contributed by atoms with Gasteiger partial charge in [0.05, 0.1) is 5.25 Å². The summed E-state index contributed by atoms with van der Waals surface area (Å²) >= 11 is 0. The van der Waals surface area contributed by atoms with Crippen LogP contribution in [0.25, 0.3) is 0 Å². The number of nitrogens with two attached hydrogens (primary N) is 1. The van der Waals surface area contributed by atoms with E-state index in [4.69, 9.17) is 10.8 Å². The maximum Gasteiger partial charge on any atom is 0.325 e. The van der Waals surface area contributed by atoms with E-state index in [1.165, 1.54) is 0 Å². The summed E-state index contributed by atoms with van der Waals surface area (Å²) in [7, 11) is -3.50. The fourth-order valence-corrected chi connectivity index (χ4v) is 4.21. The molecule has 18 heavy (non-hydrogen) atoms. The van der Waals surface area contributed by atoms with Gasteiger partial charge in [-0.25, -0.2) is 8.42 Å². The van der Waals surface area contributed by atoms with E-state index in [1.54, 1.807) is 12.1 Å². The molecule has 0 aromatic heterocycles. The van der Waals surface area contributed by atoms with E-state index in [0.29, 0.717) is 5.56 Å². The molecule has 0 heterocycles. The lowest BCUT2D eigenvalue weighted by molar-refractivity contribution is -0.139. The number of hydrogen-bond donors (Lipinski definition) is 2. The topological polar surface area (TPSA) is 97.5 Å². The third-order valence-electron chi connectivity index (χ3n) is 3.45. The van der Waals surface area contributed by atoms with E-state index in [-0.39, 0.29) is 0 Å². The predicted octanol–water partition coefficient (Wildman–Crippen LogP) is 0.288. The average Bonchev–Trinajstić information content (AvgIpc) is 2.87. The van der Waals surface area contributed by atoms with E-state index in [2.05, 4.69) is 0 Å². The van der Waals surface area contributed by atoms with E-state index in [0.717, 1.165) is 11.8 Å². The molecule has 1 aromatic rings. The maximum atomic E-state index is 11.6. The highest BCUT2D eigenvalue weighted by Gasteiger charge is 2.73. The molecule has 0 bridgehead atoms. The van der Waals surface area contributed by atoms with Crippen molar-refractivity contribution in [2.45, 2.75) is 23.6 Å². The van der Waals surface area contributed by atoms with Crippen LogP contribution in [0.2, 0.25) is 0 Å². The molecule has 1 aliphatic rings. The average molecular weight is 269 g/mol. The first kappa shape index (κ1) is 13.0. The van der Waals surface area contributed by atoms with Gasteiger partial charge in [0, 0.05) is 12.2 Å². The smallest absolute Gasteiger partial charge is 0.325 e. The Kier molecular flexibility index (Phi) is 2.75. The first-order valence-corrected chi connectivity index (χ1v) is 7.42. The second-order valence-electron chi connectivity index (χ2n) is 4.88. The van der Waals surface area contributed by atoms with Crippen LogP contribution in [-0.2, 0) is 14.6 Å². The molecule has 1 saturated carbocycles. The lowest BCUT2D eigenvalue weighted by atomic mass is 10.1. The number of benzene rings is 1. The highest BCUT2D eigenvalue weighted by Crippen LogP contribution is 2.54. The number of carboxylic acids is 1. The van der Waals surface area contributed by atoms with Crippen LogP contribution in [0.15, 0.2) is 24.3 Å². The van der Waals surface area contributed by atoms with Crippen molar-refractivity contribution >= 4 is 15.8 Å². The maximum absolute atomic E-state index is 11.6. The van der Waals surface area contributed by atoms with Crippen molar-refractivity contribution in [1.29, 1.82) is 0 Å². The SMILES string of the molecule is Cc1ccc([C@H]2[C@@H](S(C)(=O)=O)[C@@]2(N)C(=O)O)cc1. The highest BCUT2D eigenvalue weighted by molar-refractivity contribution is 7.91. The Morgan fingerprint density at radius 1 is 1.33 bits per heavy atom. The molecule has 5 nitrogen and oxygen atoms in total. The Morgan fingerprint density at radius 2 is 1.83 bits per heavy atom. The Morgan fingerprint density at radius 3 is 2.17 bits per heavy atom. The van der Waals surface area contributed by atoms with Crippen LogP contribution in [0.1, 0.15) is 17.0 Å². The van der Waals surface area contributed by atoms with E-state index in [1.807, 2.05) is 19.1 Å². The zero-order valence-electron chi connectivity index (χ0n) is 10.1. The minimum Gasteiger partial charge on any atom is -0.480 e. The van der Waals surface area contributed by atoms with Crippen molar-refractivity contribution in [3.05, 3.63) is 35.4 Å². The number of carbonyl (C=O) groups is 1. The molecule has 1 fully saturated rings. The predicted molar refractivity (Wildman–Crippen MR) is 67.1 cm³/mol. The van der Waals surface area contributed by atoms with Gasteiger partial charge in [-0.2, -0.15) is 0 Å². The number of aliphatic carboxylic acids is 1. The summed E-state index contributed by atoms with van der Waals surface area (Å²) < 4.78 is 23.2. The lowest BCUT2D eigenvalue weighted by Crippen LogP contribution is -2.39. The standard InChI is InChI=1S/C12H15NO4S/c1-7-3-5-8(6-4-7)9-10(18(2,16)17)12(9,13)11(14)15/h3-6,9-10H,13H2,1-2H3,(H,14,15)/t9-,10+,12+/m0/s1. The van der Waals surface area contributed by atoms with Gasteiger partial charge in [-0.1, -0.05) is 29.8 Å². The van der Waals surface area contributed by atoms with Gasteiger partial charge in [-0.15, -0.1) is 0 Å². The van der Waals surface area contributed by atoms with Crippen molar-refractivity contribution in [1.82, 2.24) is 0 Å². The molecule has 2 rings (SSSR count). The molecule has 98 valence electrons. The largest absolute Gasteiger partial charge is 0.480 e. The second kappa shape index (κ2) is 3.80. The Hall–Kier alpha value is -1.40. The zero-order valence-corrected chi connectivity index (χ0v) is 10.9. The Labute approximate surface area is 106 Å².